The van der Waals surface area contributed by atoms with Crippen LogP contribution in [0.25, 0.3) is 0 Å². The molecule has 0 aliphatic heterocycles. The zero-order valence-corrected chi connectivity index (χ0v) is 9.73. The molecule has 1 N–H and O–H groups in total. The Labute approximate surface area is 85.2 Å². The van der Waals surface area contributed by atoms with Gasteiger partial charge >= 0.3 is 5.97 Å². The Kier molecular flexibility index (Phi) is 4.58. The van der Waals surface area contributed by atoms with Crippen molar-refractivity contribution in [2.24, 2.45) is 0 Å². The van der Waals surface area contributed by atoms with E-state index in [1.54, 1.807) is 0 Å². The van der Waals surface area contributed by atoms with E-state index in [4.69, 9.17) is 5.11 Å². The molecule has 4 nitrogen and oxygen atoms in total. The zero-order chi connectivity index (χ0) is 11.4. The van der Waals surface area contributed by atoms with Gasteiger partial charge in [-0.2, -0.15) is 0 Å². The van der Waals surface area contributed by atoms with E-state index in [1.165, 1.54) is 13.8 Å². The normalized spacial score (nSPS) is 12.8. The van der Waals surface area contributed by atoms with Crippen LogP contribution in [0.1, 0.15) is 40.0 Å². The molecule has 0 aliphatic rings. The molecule has 0 bridgehead atoms. The van der Waals surface area contributed by atoms with Gasteiger partial charge in [0.05, 0.1) is 5.75 Å². The summed E-state index contributed by atoms with van der Waals surface area (Å²) in [4.78, 5) is 10.7. The van der Waals surface area contributed by atoms with E-state index in [0.29, 0.717) is 6.42 Å². The third-order valence-corrected chi connectivity index (χ3v) is 4.86. The Hall–Kier alpha value is -0.580. The Morgan fingerprint density at radius 3 is 2.14 bits per heavy atom. The Morgan fingerprint density at radius 1 is 1.29 bits per heavy atom. The highest BCUT2D eigenvalue weighted by molar-refractivity contribution is 7.93. The number of hydrogen-bond acceptors (Lipinski definition) is 3. The molecule has 0 radical (unpaired) electrons. The number of carboxylic acid groups (broad SMARTS) is 1. The lowest BCUT2D eigenvalue weighted by atomic mass is 10.2. The van der Waals surface area contributed by atoms with Gasteiger partial charge in [0.1, 0.15) is 0 Å². The van der Waals surface area contributed by atoms with Crippen LogP contribution in [0.2, 0.25) is 0 Å². The van der Waals surface area contributed by atoms with E-state index < -0.39 is 20.6 Å². The summed E-state index contributed by atoms with van der Waals surface area (Å²) >= 11 is 0. The molecule has 0 amide bonds. The molecule has 0 saturated carbocycles. The van der Waals surface area contributed by atoms with E-state index >= 15 is 0 Å². The van der Waals surface area contributed by atoms with E-state index in [1.807, 2.05) is 6.92 Å². The lowest BCUT2D eigenvalue weighted by Gasteiger charge is -2.19. The molecule has 0 heterocycles. The lowest BCUT2D eigenvalue weighted by Crippen LogP contribution is -2.41. The van der Waals surface area contributed by atoms with Gasteiger partial charge in [0.2, 0.25) is 0 Å². The summed E-state index contributed by atoms with van der Waals surface area (Å²) in [5.74, 6) is -1.32. The number of hydrogen-bond donors (Lipinski definition) is 1. The molecule has 0 saturated heterocycles. The molecule has 5 heteroatoms. The molecular formula is C9H18O4S. The first-order valence-corrected chi connectivity index (χ1v) is 6.36. The number of carboxylic acids is 1. The van der Waals surface area contributed by atoms with Gasteiger partial charge in [0.25, 0.3) is 0 Å². The molecule has 0 fully saturated rings. The van der Waals surface area contributed by atoms with E-state index in [0.717, 1.165) is 12.8 Å². The SMILES string of the molecule is CCCCCS(=O)(=O)C(C)(C)C(=O)O. The first-order chi connectivity index (χ1) is 6.25. The van der Waals surface area contributed by atoms with Crippen molar-refractivity contribution in [3.05, 3.63) is 0 Å². The molecule has 0 spiro atoms. The maximum atomic E-state index is 11.6. The third kappa shape index (κ3) is 2.97. The number of rotatable bonds is 6. The van der Waals surface area contributed by atoms with Crippen LogP contribution in [0, 0.1) is 0 Å². The zero-order valence-electron chi connectivity index (χ0n) is 8.91. The standard InChI is InChI=1S/C9H18O4S/c1-4-5-6-7-14(12,13)9(2,3)8(10)11/h4-7H2,1-3H3,(H,10,11). The average molecular weight is 222 g/mol. The minimum atomic E-state index is -3.53. The van der Waals surface area contributed by atoms with Crippen molar-refractivity contribution in [3.63, 3.8) is 0 Å². The van der Waals surface area contributed by atoms with Gasteiger partial charge in [-0.25, -0.2) is 8.42 Å². The van der Waals surface area contributed by atoms with Gasteiger partial charge < -0.3 is 5.11 Å². The summed E-state index contributed by atoms with van der Waals surface area (Å²) in [6, 6.07) is 0. The molecule has 0 aliphatic carbocycles. The van der Waals surface area contributed by atoms with Crippen LogP contribution < -0.4 is 0 Å². The van der Waals surface area contributed by atoms with E-state index in [9.17, 15) is 13.2 Å². The number of sulfone groups is 1. The maximum Gasteiger partial charge on any atom is 0.324 e. The second-order valence-electron chi connectivity index (χ2n) is 3.84. The van der Waals surface area contributed by atoms with Crippen LogP contribution in [0.5, 0.6) is 0 Å². The van der Waals surface area contributed by atoms with E-state index in [-0.39, 0.29) is 5.75 Å². The van der Waals surface area contributed by atoms with Crippen LogP contribution in [0.3, 0.4) is 0 Å². The first-order valence-electron chi connectivity index (χ1n) is 4.71. The Morgan fingerprint density at radius 2 is 1.79 bits per heavy atom. The lowest BCUT2D eigenvalue weighted by molar-refractivity contribution is -0.139. The Balaban J connectivity index is 4.55. The van der Waals surface area contributed by atoms with Crippen LogP contribution in [-0.2, 0) is 14.6 Å². The summed E-state index contributed by atoms with van der Waals surface area (Å²) in [6.45, 7) is 4.43. The predicted molar refractivity (Wildman–Crippen MR) is 55.0 cm³/mol. The maximum absolute atomic E-state index is 11.6. The molecule has 0 aromatic carbocycles. The second kappa shape index (κ2) is 4.77. The molecular weight excluding hydrogens is 204 g/mol. The number of carbonyl (C=O) groups is 1. The summed E-state index contributed by atoms with van der Waals surface area (Å²) in [5, 5.41) is 8.75. The van der Waals surface area contributed by atoms with Crippen molar-refractivity contribution < 1.29 is 18.3 Å². The average Bonchev–Trinajstić information content (AvgIpc) is 2.04. The first kappa shape index (κ1) is 13.4. The molecule has 0 atom stereocenters. The molecule has 0 rings (SSSR count). The quantitative estimate of drug-likeness (QED) is 0.690. The van der Waals surface area contributed by atoms with Gasteiger partial charge in [-0.3, -0.25) is 4.79 Å². The fraction of sp³-hybridized carbons (Fsp3) is 0.889. The van der Waals surface area contributed by atoms with Gasteiger partial charge in [-0.1, -0.05) is 19.8 Å². The highest BCUT2D eigenvalue weighted by atomic mass is 32.2. The van der Waals surface area contributed by atoms with Crippen LogP contribution >= 0.6 is 0 Å². The smallest absolute Gasteiger partial charge is 0.324 e. The molecule has 14 heavy (non-hydrogen) atoms. The van der Waals surface area contributed by atoms with Crippen molar-refractivity contribution in [2.45, 2.75) is 44.8 Å². The van der Waals surface area contributed by atoms with E-state index in [2.05, 4.69) is 0 Å². The predicted octanol–water partition coefficient (Wildman–Crippen LogP) is 1.45. The molecule has 0 aromatic heterocycles. The largest absolute Gasteiger partial charge is 0.480 e. The summed E-state index contributed by atoms with van der Waals surface area (Å²) in [6.07, 6.45) is 2.27. The summed E-state index contributed by atoms with van der Waals surface area (Å²) < 4.78 is 21.5. The number of aliphatic carboxylic acids is 1. The highest BCUT2D eigenvalue weighted by Crippen LogP contribution is 2.19. The van der Waals surface area contributed by atoms with Crippen molar-refractivity contribution in [1.29, 1.82) is 0 Å². The van der Waals surface area contributed by atoms with Gasteiger partial charge in [-0.05, 0) is 20.3 Å². The summed E-state index contributed by atoms with van der Waals surface area (Å²) in [7, 11) is -3.53. The highest BCUT2D eigenvalue weighted by Gasteiger charge is 2.40. The van der Waals surface area contributed by atoms with Gasteiger partial charge in [0.15, 0.2) is 14.6 Å². The molecule has 0 aromatic rings. The van der Waals surface area contributed by atoms with Crippen molar-refractivity contribution in [3.8, 4) is 0 Å². The fourth-order valence-corrected chi connectivity index (χ4v) is 2.29. The number of unbranched alkanes of at least 4 members (excludes halogenated alkanes) is 2. The minimum absolute atomic E-state index is 0.0415. The fourth-order valence-electron chi connectivity index (χ4n) is 0.930. The van der Waals surface area contributed by atoms with Crippen molar-refractivity contribution in [2.75, 3.05) is 5.75 Å². The van der Waals surface area contributed by atoms with Crippen LogP contribution in [0.15, 0.2) is 0 Å². The van der Waals surface area contributed by atoms with Crippen molar-refractivity contribution in [1.82, 2.24) is 0 Å². The van der Waals surface area contributed by atoms with Crippen LogP contribution in [0.4, 0.5) is 0 Å². The van der Waals surface area contributed by atoms with Crippen molar-refractivity contribution >= 4 is 15.8 Å². The van der Waals surface area contributed by atoms with Crippen LogP contribution in [-0.4, -0.2) is 30.0 Å². The topological polar surface area (TPSA) is 71.4 Å². The van der Waals surface area contributed by atoms with Gasteiger partial charge in [0, 0.05) is 0 Å². The monoisotopic (exact) mass is 222 g/mol. The molecule has 84 valence electrons. The molecule has 0 unspecified atom stereocenters. The summed E-state index contributed by atoms with van der Waals surface area (Å²) in [5.41, 5.74) is 0. The minimum Gasteiger partial charge on any atom is -0.480 e. The Bertz CT molecular complexity index is 290. The second-order valence-corrected chi connectivity index (χ2v) is 6.50. The third-order valence-electron chi connectivity index (χ3n) is 2.31. The van der Waals surface area contributed by atoms with Gasteiger partial charge in [-0.15, -0.1) is 0 Å².